The molecule has 0 aromatic carbocycles. The van der Waals surface area contributed by atoms with Gasteiger partial charge in [-0.25, -0.2) is 14.8 Å². The quantitative estimate of drug-likeness (QED) is 0.790. The molecule has 1 saturated heterocycles. The predicted molar refractivity (Wildman–Crippen MR) is 72.2 cm³/mol. The first kappa shape index (κ1) is 13.7. The van der Waals surface area contributed by atoms with Gasteiger partial charge in [0.1, 0.15) is 5.82 Å². The molecule has 2 heterocycles. The molecule has 2 N–H and O–H groups in total. The lowest BCUT2D eigenvalue weighted by atomic mass is 10.00. The number of aryl methyl sites for hydroxylation is 1. The molecule has 6 nitrogen and oxygen atoms in total. The Balaban J connectivity index is 1.99. The third kappa shape index (κ3) is 3.89. The van der Waals surface area contributed by atoms with Crippen LogP contribution in [0.2, 0.25) is 0 Å². The minimum absolute atomic E-state index is 0.103. The third-order valence-electron chi connectivity index (χ3n) is 3.19. The van der Waals surface area contributed by atoms with Gasteiger partial charge in [0.15, 0.2) is 0 Å². The number of esters is 1. The number of aromatic nitrogens is 2. The van der Waals surface area contributed by atoms with Crippen LogP contribution >= 0.6 is 0 Å². The number of anilines is 1. The van der Waals surface area contributed by atoms with Crippen molar-refractivity contribution in [3.05, 3.63) is 17.6 Å². The van der Waals surface area contributed by atoms with E-state index in [1.807, 2.05) is 13.0 Å². The summed E-state index contributed by atoms with van der Waals surface area (Å²) >= 11 is 0. The van der Waals surface area contributed by atoms with Crippen molar-refractivity contribution in [3.8, 4) is 0 Å². The van der Waals surface area contributed by atoms with Crippen molar-refractivity contribution in [1.82, 2.24) is 15.3 Å². The summed E-state index contributed by atoms with van der Waals surface area (Å²) in [5, 5.41) is 6.65. The summed E-state index contributed by atoms with van der Waals surface area (Å²) in [6.45, 7) is 4.82. The molecule has 0 aliphatic carbocycles. The molecule has 0 radical (unpaired) electrons. The van der Waals surface area contributed by atoms with Crippen LogP contribution in [-0.4, -0.2) is 42.7 Å². The standard InChI is InChI=1S/C13H20N4O2/c1-9-6-11(17-12(16-9)13(18)19-2)15-8-10-4-3-5-14-7-10/h6,10,14H,3-5,7-8H2,1-2H3,(H,15,16,17). The molecule has 1 aliphatic heterocycles. The van der Waals surface area contributed by atoms with Crippen LogP contribution in [0.5, 0.6) is 0 Å². The fourth-order valence-electron chi connectivity index (χ4n) is 2.19. The number of carbonyl (C=O) groups is 1. The molecule has 1 atom stereocenters. The van der Waals surface area contributed by atoms with Crippen molar-refractivity contribution in [2.24, 2.45) is 5.92 Å². The molecule has 1 fully saturated rings. The Kier molecular flexibility index (Phi) is 4.68. The molecule has 2 rings (SSSR count). The van der Waals surface area contributed by atoms with E-state index >= 15 is 0 Å². The van der Waals surface area contributed by atoms with Crippen LogP contribution in [0.4, 0.5) is 5.82 Å². The number of piperidine rings is 1. The maximum atomic E-state index is 11.4. The molecular weight excluding hydrogens is 244 g/mol. The van der Waals surface area contributed by atoms with Gasteiger partial charge in [0.05, 0.1) is 7.11 Å². The number of hydrogen-bond acceptors (Lipinski definition) is 6. The van der Waals surface area contributed by atoms with Crippen molar-refractivity contribution < 1.29 is 9.53 Å². The summed E-state index contributed by atoms with van der Waals surface area (Å²) in [6.07, 6.45) is 2.43. The molecule has 1 aliphatic rings. The van der Waals surface area contributed by atoms with Gasteiger partial charge in [0.25, 0.3) is 0 Å². The first-order chi connectivity index (χ1) is 9.19. The molecule has 1 aromatic heterocycles. The van der Waals surface area contributed by atoms with Gasteiger partial charge < -0.3 is 15.4 Å². The highest BCUT2D eigenvalue weighted by Gasteiger charge is 2.14. The van der Waals surface area contributed by atoms with E-state index in [-0.39, 0.29) is 5.82 Å². The number of nitrogens with zero attached hydrogens (tertiary/aromatic N) is 2. The number of rotatable bonds is 4. The molecule has 0 amide bonds. The average Bonchev–Trinajstić information content (AvgIpc) is 2.45. The van der Waals surface area contributed by atoms with E-state index in [0.717, 1.165) is 25.3 Å². The van der Waals surface area contributed by atoms with Crippen molar-refractivity contribution in [3.63, 3.8) is 0 Å². The third-order valence-corrected chi connectivity index (χ3v) is 3.19. The van der Waals surface area contributed by atoms with Crippen LogP contribution in [0.15, 0.2) is 6.07 Å². The Bertz CT molecular complexity index is 444. The van der Waals surface area contributed by atoms with E-state index in [1.54, 1.807) is 0 Å². The van der Waals surface area contributed by atoms with Gasteiger partial charge in [-0.2, -0.15) is 0 Å². The van der Waals surface area contributed by atoms with Crippen molar-refractivity contribution in [2.75, 3.05) is 32.1 Å². The van der Waals surface area contributed by atoms with E-state index in [9.17, 15) is 4.79 Å². The highest BCUT2D eigenvalue weighted by molar-refractivity contribution is 5.85. The summed E-state index contributed by atoms with van der Waals surface area (Å²) in [7, 11) is 1.33. The molecule has 1 unspecified atom stereocenters. The highest BCUT2D eigenvalue weighted by Crippen LogP contribution is 2.12. The smallest absolute Gasteiger partial charge is 0.376 e. The molecule has 104 valence electrons. The summed E-state index contributed by atoms with van der Waals surface area (Å²) in [5.74, 6) is 0.877. The van der Waals surface area contributed by atoms with Crippen LogP contribution in [0.25, 0.3) is 0 Å². The summed E-state index contributed by atoms with van der Waals surface area (Å²) < 4.78 is 4.64. The van der Waals surface area contributed by atoms with Gasteiger partial charge in [-0.15, -0.1) is 0 Å². The number of nitrogens with one attached hydrogen (secondary N) is 2. The van der Waals surface area contributed by atoms with Crippen LogP contribution in [-0.2, 0) is 4.74 Å². The molecular formula is C13H20N4O2. The lowest BCUT2D eigenvalue weighted by Crippen LogP contribution is -2.33. The minimum atomic E-state index is -0.508. The van der Waals surface area contributed by atoms with Crippen LogP contribution in [0, 0.1) is 12.8 Å². The molecule has 19 heavy (non-hydrogen) atoms. The van der Waals surface area contributed by atoms with Crippen molar-refractivity contribution in [2.45, 2.75) is 19.8 Å². The van der Waals surface area contributed by atoms with Gasteiger partial charge in [-0.05, 0) is 38.8 Å². The maximum absolute atomic E-state index is 11.4. The fourth-order valence-corrected chi connectivity index (χ4v) is 2.19. The van der Waals surface area contributed by atoms with E-state index in [0.29, 0.717) is 11.7 Å². The monoisotopic (exact) mass is 264 g/mol. The summed E-state index contributed by atoms with van der Waals surface area (Å²) in [4.78, 5) is 19.7. The molecule has 0 bridgehead atoms. The Hall–Kier alpha value is -1.69. The average molecular weight is 264 g/mol. The van der Waals surface area contributed by atoms with Gasteiger partial charge in [-0.1, -0.05) is 0 Å². The van der Waals surface area contributed by atoms with Crippen molar-refractivity contribution in [1.29, 1.82) is 0 Å². The zero-order valence-electron chi connectivity index (χ0n) is 11.4. The van der Waals surface area contributed by atoms with Gasteiger partial charge in [-0.3, -0.25) is 0 Å². The predicted octanol–water partition coefficient (Wildman–Crippen LogP) is 0.983. The van der Waals surface area contributed by atoms with E-state index in [1.165, 1.54) is 20.0 Å². The molecule has 6 heteroatoms. The zero-order valence-corrected chi connectivity index (χ0v) is 11.4. The lowest BCUT2D eigenvalue weighted by molar-refractivity contribution is 0.0586. The summed E-state index contributed by atoms with van der Waals surface area (Å²) in [6, 6.07) is 1.84. The Labute approximate surface area is 113 Å². The highest BCUT2D eigenvalue weighted by atomic mass is 16.5. The Morgan fingerprint density at radius 1 is 1.58 bits per heavy atom. The second-order valence-electron chi connectivity index (χ2n) is 4.80. The van der Waals surface area contributed by atoms with Gasteiger partial charge >= 0.3 is 5.97 Å². The van der Waals surface area contributed by atoms with E-state index in [2.05, 4.69) is 25.3 Å². The summed E-state index contributed by atoms with van der Waals surface area (Å²) in [5.41, 5.74) is 0.750. The van der Waals surface area contributed by atoms with Crippen molar-refractivity contribution >= 4 is 11.8 Å². The van der Waals surface area contributed by atoms with Gasteiger partial charge in [0, 0.05) is 18.3 Å². The van der Waals surface area contributed by atoms with Crippen LogP contribution in [0.1, 0.15) is 29.2 Å². The largest absolute Gasteiger partial charge is 0.463 e. The first-order valence-corrected chi connectivity index (χ1v) is 6.57. The number of methoxy groups -OCH3 is 1. The zero-order chi connectivity index (χ0) is 13.7. The number of hydrogen-bond donors (Lipinski definition) is 2. The number of carbonyl (C=O) groups excluding carboxylic acids is 1. The van der Waals surface area contributed by atoms with Crippen LogP contribution in [0.3, 0.4) is 0 Å². The van der Waals surface area contributed by atoms with E-state index < -0.39 is 5.97 Å². The topological polar surface area (TPSA) is 76.1 Å². The molecule has 0 saturated carbocycles. The second-order valence-corrected chi connectivity index (χ2v) is 4.80. The Morgan fingerprint density at radius 2 is 2.42 bits per heavy atom. The minimum Gasteiger partial charge on any atom is -0.463 e. The SMILES string of the molecule is COC(=O)c1nc(C)cc(NCC2CCCNC2)n1. The number of ether oxygens (including phenoxy) is 1. The molecule has 0 spiro atoms. The van der Waals surface area contributed by atoms with E-state index in [4.69, 9.17) is 0 Å². The lowest BCUT2D eigenvalue weighted by Gasteiger charge is -2.23. The maximum Gasteiger partial charge on any atom is 0.376 e. The normalized spacial score (nSPS) is 18.9. The Morgan fingerprint density at radius 3 is 3.11 bits per heavy atom. The fraction of sp³-hybridized carbons (Fsp3) is 0.615. The second kappa shape index (κ2) is 6.47. The molecule has 1 aromatic rings. The first-order valence-electron chi connectivity index (χ1n) is 6.57. The van der Waals surface area contributed by atoms with Gasteiger partial charge in [0.2, 0.25) is 5.82 Å². The van der Waals surface area contributed by atoms with Crippen LogP contribution < -0.4 is 10.6 Å².